The molecule has 1 aromatic carbocycles. The van der Waals surface area contributed by atoms with Gasteiger partial charge in [-0.1, -0.05) is 18.2 Å². The van der Waals surface area contributed by atoms with E-state index in [4.69, 9.17) is 5.73 Å². The average Bonchev–Trinajstić information content (AvgIpc) is 2.65. The molecule has 1 aliphatic rings. The fourth-order valence-corrected chi connectivity index (χ4v) is 2.21. The van der Waals surface area contributed by atoms with Crippen LogP contribution in [0.15, 0.2) is 18.2 Å². The summed E-state index contributed by atoms with van der Waals surface area (Å²) >= 11 is 0. The van der Waals surface area contributed by atoms with Gasteiger partial charge in [0.2, 0.25) is 6.43 Å². The standard InChI is InChI=1S/C12H15F2N/c13-12(14)11(7-15)10-5-4-8-2-1-3-9(8)6-10/h4-6,11-12H,1-3,7,15H2. The number of nitrogens with two attached hydrogens (primary N) is 1. The van der Waals surface area contributed by atoms with Gasteiger partial charge in [0.15, 0.2) is 0 Å². The van der Waals surface area contributed by atoms with Crippen LogP contribution in [-0.2, 0) is 12.8 Å². The van der Waals surface area contributed by atoms with Gasteiger partial charge in [-0.3, -0.25) is 0 Å². The fourth-order valence-electron chi connectivity index (χ4n) is 2.21. The van der Waals surface area contributed by atoms with Crippen LogP contribution >= 0.6 is 0 Å². The van der Waals surface area contributed by atoms with Crippen LogP contribution in [0, 0.1) is 0 Å². The molecule has 0 aliphatic heterocycles. The molecule has 1 aliphatic carbocycles. The SMILES string of the molecule is NCC(c1ccc2c(c1)CCC2)C(F)F. The van der Waals surface area contributed by atoms with Crippen LogP contribution in [0.1, 0.15) is 29.0 Å². The van der Waals surface area contributed by atoms with E-state index in [1.807, 2.05) is 12.1 Å². The highest BCUT2D eigenvalue weighted by Crippen LogP contribution is 2.28. The lowest BCUT2D eigenvalue weighted by molar-refractivity contribution is 0.117. The second kappa shape index (κ2) is 4.27. The van der Waals surface area contributed by atoms with Crippen LogP contribution in [0.2, 0.25) is 0 Å². The summed E-state index contributed by atoms with van der Waals surface area (Å²) in [6.45, 7) is 0.0104. The van der Waals surface area contributed by atoms with Crippen LogP contribution in [0.25, 0.3) is 0 Å². The molecule has 0 spiro atoms. The summed E-state index contributed by atoms with van der Waals surface area (Å²) in [6, 6.07) is 5.68. The molecule has 0 aromatic heterocycles. The van der Waals surface area contributed by atoms with Crippen molar-refractivity contribution < 1.29 is 8.78 Å². The van der Waals surface area contributed by atoms with Crippen molar-refractivity contribution >= 4 is 0 Å². The molecule has 3 heteroatoms. The molecule has 82 valence electrons. The van der Waals surface area contributed by atoms with E-state index in [-0.39, 0.29) is 6.54 Å². The summed E-state index contributed by atoms with van der Waals surface area (Å²) in [5.41, 5.74) is 8.60. The molecule has 1 unspecified atom stereocenters. The molecule has 0 saturated carbocycles. The molecule has 1 nitrogen and oxygen atoms in total. The molecule has 0 amide bonds. The summed E-state index contributed by atoms with van der Waals surface area (Å²) in [4.78, 5) is 0. The molecule has 0 fully saturated rings. The van der Waals surface area contributed by atoms with E-state index in [0.717, 1.165) is 19.3 Å². The Labute approximate surface area is 88.3 Å². The Morgan fingerprint density at radius 1 is 1.20 bits per heavy atom. The van der Waals surface area contributed by atoms with Gasteiger partial charge >= 0.3 is 0 Å². The first kappa shape index (κ1) is 10.6. The Kier molecular flexibility index (Phi) is 3.00. The zero-order valence-electron chi connectivity index (χ0n) is 8.55. The number of rotatable bonds is 3. The first-order valence-corrected chi connectivity index (χ1v) is 5.32. The van der Waals surface area contributed by atoms with E-state index < -0.39 is 12.3 Å². The fraction of sp³-hybridized carbons (Fsp3) is 0.500. The van der Waals surface area contributed by atoms with Crippen molar-refractivity contribution in [2.75, 3.05) is 6.54 Å². The quantitative estimate of drug-likeness (QED) is 0.816. The lowest BCUT2D eigenvalue weighted by atomic mass is 9.96. The summed E-state index contributed by atoms with van der Waals surface area (Å²) < 4.78 is 25.3. The maximum atomic E-state index is 12.7. The molecule has 1 atom stereocenters. The second-order valence-electron chi connectivity index (χ2n) is 4.06. The number of hydrogen-bond acceptors (Lipinski definition) is 1. The summed E-state index contributed by atoms with van der Waals surface area (Å²) in [5.74, 6) is -0.809. The minimum atomic E-state index is -2.37. The molecule has 0 bridgehead atoms. The van der Waals surface area contributed by atoms with Crippen LogP contribution < -0.4 is 5.73 Å². The van der Waals surface area contributed by atoms with E-state index >= 15 is 0 Å². The first-order chi connectivity index (χ1) is 7.22. The summed E-state index contributed by atoms with van der Waals surface area (Å²) in [6.07, 6.45) is 0.872. The molecular weight excluding hydrogens is 196 g/mol. The second-order valence-corrected chi connectivity index (χ2v) is 4.06. The van der Waals surface area contributed by atoms with Crippen molar-refractivity contribution in [1.29, 1.82) is 0 Å². The number of alkyl halides is 2. The Hall–Kier alpha value is -0.960. The Bertz CT molecular complexity index is 349. The lowest BCUT2D eigenvalue weighted by Gasteiger charge is -2.15. The van der Waals surface area contributed by atoms with Crippen molar-refractivity contribution in [3.05, 3.63) is 34.9 Å². The number of benzene rings is 1. The Balaban J connectivity index is 2.28. The van der Waals surface area contributed by atoms with Crippen molar-refractivity contribution in [3.63, 3.8) is 0 Å². The van der Waals surface area contributed by atoms with Crippen LogP contribution in [-0.4, -0.2) is 13.0 Å². The van der Waals surface area contributed by atoms with Gasteiger partial charge in [-0.25, -0.2) is 8.78 Å². The molecule has 0 heterocycles. The number of hydrogen-bond donors (Lipinski definition) is 1. The smallest absolute Gasteiger partial charge is 0.246 e. The molecule has 0 saturated heterocycles. The van der Waals surface area contributed by atoms with Gasteiger partial charge in [0.05, 0.1) is 5.92 Å². The summed E-state index contributed by atoms with van der Waals surface area (Å²) in [5, 5.41) is 0. The highest BCUT2D eigenvalue weighted by atomic mass is 19.3. The van der Waals surface area contributed by atoms with E-state index in [1.165, 1.54) is 11.1 Å². The van der Waals surface area contributed by atoms with Crippen molar-refractivity contribution in [3.8, 4) is 0 Å². The first-order valence-electron chi connectivity index (χ1n) is 5.32. The normalized spacial score (nSPS) is 16.8. The van der Waals surface area contributed by atoms with Gasteiger partial charge in [0.1, 0.15) is 0 Å². The molecule has 2 N–H and O–H groups in total. The van der Waals surface area contributed by atoms with Crippen LogP contribution in [0.4, 0.5) is 8.78 Å². The molecule has 2 rings (SSSR count). The van der Waals surface area contributed by atoms with E-state index in [2.05, 4.69) is 0 Å². The highest BCUT2D eigenvalue weighted by molar-refractivity contribution is 5.37. The van der Waals surface area contributed by atoms with Crippen molar-refractivity contribution in [2.45, 2.75) is 31.6 Å². The van der Waals surface area contributed by atoms with Crippen molar-refractivity contribution in [2.24, 2.45) is 5.73 Å². The van der Waals surface area contributed by atoms with Gasteiger partial charge in [0, 0.05) is 6.54 Å². The molecule has 1 aromatic rings. The monoisotopic (exact) mass is 211 g/mol. The average molecular weight is 211 g/mol. The van der Waals surface area contributed by atoms with Gasteiger partial charge in [0.25, 0.3) is 0 Å². The predicted molar refractivity (Wildman–Crippen MR) is 56.3 cm³/mol. The van der Waals surface area contributed by atoms with Crippen LogP contribution in [0.3, 0.4) is 0 Å². The van der Waals surface area contributed by atoms with Gasteiger partial charge < -0.3 is 5.73 Å². The Morgan fingerprint density at radius 3 is 2.60 bits per heavy atom. The minimum Gasteiger partial charge on any atom is -0.330 e. The molecular formula is C12H15F2N. The van der Waals surface area contributed by atoms with Gasteiger partial charge in [-0.2, -0.15) is 0 Å². The maximum Gasteiger partial charge on any atom is 0.246 e. The largest absolute Gasteiger partial charge is 0.330 e. The van der Waals surface area contributed by atoms with E-state index in [9.17, 15) is 8.78 Å². The third-order valence-electron chi connectivity index (χ3n) is 3.11. The minimum absolute atomic E-state index is 0.0104. The lowest BCUT2D eigenvalue weighted by Crippen LogP contribution is -2.19. The van der Waals surface area contributed by atoms with Crippen LogP contribution in [0.5, 0.6) is 0 Å². The number of aryl methyl sites for hydroxylation is 2. The number of fused-ring (bicyclic) bond motifs is 1. The molecule has 15 heavy (non-hydrogen) atoms. The van der Waals surface area contributed by atoms with Gasteiger partial charge in [-0.15, -0.1) is 0 Å². The third-order valence-corrected chi connectivity index (χ3v) is 3.11. The topological polar surface area (TPSA) is 26.0 Å². The zero-order valence-corrected chi connectivity index (χ0v) is 8.55. The third kappa shape index (κ3) is 2.02. The summed E-state index contributed by atoms with van der Waals surface area (Å²) in [7, 11) is 0. The maximum absolute atomic E-state index is 12.7. The molecule has 0 radical (unpaired) electrons. The Morgan fingerprint density at radius 2 is 1.93 bits per heavy atom. The van der Waals surface area contributed by atoms with Crippen molar-refractivity contribution in [1.82, 2.24) is 0 Å². The zero-order chi connectivity index (χ0) is 10.8. The number of halogens is 2. The van der Waals surface area contributed by atoms with Gasteiger partial charge in [-0.05, 0) is 36.0 Å². The predicted octanol–water partition coefficient (Wildman–Crippen LogP) is 2.48. The highest BCUT2D eigenvalue weighted by Gasteiger charge is 2.22. The van der Waals surface area contributed by atoms with E-state index in [1.54, 1.807) is 6.07 Å². The van der Waals surface area contributed by atoms with E-state index in [0.29, 0.717) is 5.56 Å².